The molecule has 2 aliphatic heterocycles. The number of nitrogens with one attached hydrogen (secondary N) is 1. The van der Waals surface area contributed by atoms with Gasteiger partial charge in [0.05, 0.1) is 5.02 Å². The molecule has 2 aromatic rings. The van der Waals surface area contributed by atoms with Crippen molar-refractivity contribution in [1.29, 1.82) is 0 Å². The molecule has 2 amide bonds. The summed E-state index contributed by atoms with van der Waals surface area (Å²) in [4.78, 5) is 20.8. The first-order chi connectivity index (χ1) is 13.2. The van der Waals surface area contributed by atoms with Crippen LogP contribution in [0.25, 0.3) is 0 Å². The zero-order valence-electron chi connectivity index (χ0n) is 14.8. The first-order valence-corrected chi connectivity index (χ1v) is 10.2. The molecule has 144 valence electrons. The molecule has 9 heteroatoms. The lowest BCUT2D eigenvalue weighted by Crippen LogP contribution is -2.52. The molecule has 1 N–H and O–H groups in total. The number of rotatable bonds is 4. The minimum absolute atomic E-state index is 0.0302. The molecule has 0 spiro atoms. The van der Waals surface area contributed by atoms with Crippen molar-refractivity contribution in [2.24, 2.45) is 0 Å². The number of hydrogen-bond donors (Lipinski definition) is 1. The van der Waals surface area contributed by atoms with Gasteiger partial charge >= 0.3 is 6.03 Å². The second kappa shape index (κ2) is 8.22. The van der Waals surface area contributed by atoms with Crippen molar-refractivity contribution in [3.8, 4) is 11.5 Å². The SMILES string of the molecule is O=C(NCCc1cc(Cl)c2c(c1)OCCO2)N1CCN(c2nccs2)CC1. The molecule has 1 aromatic heterocycles. The van der Waals surface area contributed by atoms with E-state index in [0.717, 1.165) is 23.8 Å². The molecule has 4 rings (SSSR count). The number of fused-ring (bicyclic) bond motifs is 1. The molecular formula is C18H21ClN4O3S. The maximum Gasteiger partial charge on any atom is 0.317 e. The van der Waals surface area contributed by atoms with E-state index >= 15 is 0 Å². The Bertz CT molecular complexity index is 794. The normalized spacial score (nSPS) is 16.3. The standard InChI is InChI=1S/C18H21ClN4O3S/c19-14-11-13(12-15-16(14)26-9-8-25-15)1-2-20-17(24)22-4-6-23(7-5-22)18-21-3-10-27-18/h3,10-12H,1-2,4-9H2,(H,20,24). The number of aromatic nitrogens is 1. The molecule has 0 atom stereocenters. The number of carbonyl (C=O) groups is 1. The molecule has 27 heavy (non-hydrogen) atoms. The molecule has 0 unspecified atom stereocenters. The van der Waals surface area contributed by atoms with Crippen molar-refractivity contribution in [1.82, 2.24) is 15.2 Å². The van der Waals surface area contributed by atoms with Crippen LogP contribution in [0.4, 0.5) is 9.93 Å². The first-order valence-electron chi connectivity index (χ1n) is 8.96. The Balaban J connectivity index is 1.25. The maximum absolute atomic E-state index is 12.4. The minimum atomic E-state index is -0.0302. The van der Waals surface area contributed by atoms with Crippen LogP contribution in [0.5, 0.6) is 11.5 Å². The highest BCUT2D eigenvalue weighted by Gasteiger charge is 2.22. The zero-order valence-corrected chi connectivity index (χ0v) is 16.4. The first kappa shape index (κ1) is 18.2. The Labute approximate surface area is 166 Å². The number of carbonyl (C=O) groups excluding carboxylic acids is 1. The third-order valence-corrected chi connectivity index (χ3v) is 5.72. The number of piperazine rings is 1. The predicted octanol–water partition coefficient (Wildman–Crippen LogP) is 2.64. The summed E-state index contributed by atoms with van der Waals surface area (Å²) in [7, 11) is 0. The van der Waals surface area contributed by atoms with Gasteiger partial charge in [-0.1, -0.05) is 11.6 Å². The van der Waals surface area contributed by atoms with Crippen LogP contribution in [0.3, 0.4) is 0 Å². The van der Waals surface area contributed by atoms with Gasteiger partial charge in [0.2, 0.25) is 0 Å². The van der Waals surface area contributed by atoms with Gasteiger partial charge in [0.15, 0.2) is 16.6 Å². The second-order valence-electron chi connectivity index (χ2n) is 6.37. The lowest BCUT2D eigenvalue weighted by Gasteiger charge is -2.34. The van der Waals surface area contributed by atoms with Gasteiger partial charge in [-0.05, 0) is 24.1 Å². The third kappa shape index (κ3) is 4.22. The molecule has 2 aliphatic rings. The molecule has 0 aliphatic carbocycles. The molecule has 1 aromatic carbocycles. The number of benzene rings is 1. The Morgan fingerprint density at radius 2 is 2.04 bits per heavy atom. The summed E-state index contributed by atoms with van der Waals surface area (Å²) in [6, 6.07) is 3.77. The van der Waals surface area contributed by atoms with Gasteiger partial charge < -0.3 is 24.6 Å². The summed E-state index contributed by atoms with van der Waals surface area (Å²) >= 11 is 7.88. The smallest absolute Gasteiger partial charge is 0.317 e. The number of halogens is 1. The summed E-state index contributed by atoms with van der Waals surface area (Å²) in [6.45, 7) is 4.58. The summed E-state index contributed by atoms with van der Waals surface area (Å²) < 4.78 is 11.1. The topological polar surface area (TPSA) is 66.9 Å². The van der Waals surface area contributed by atoms with Gasteiger partial charge in [-0.3, -0.25) is 0 Å². The van der Waals surface area contributed by atoms with Crippen LogP contribution in [-0.4, -0.2) is 61.9 Å². The largest absolute Gasteiger partial charge is 0.486 e. The molecule has 0 bridgehead atoms. The number of thiazole rings is 1. The number of urea groups is 1. The lowest BCUT2D eigenvalue weighted by atomic mass is 10.1. The number of ether oxygens (including phenoxy) is 2. The van der Waals surface area contributed by atoms with E-state index in [4.69, 9.17) is 21.1 Å². The van der Waals surface area contributed by atoms with Gasteiger partial charge in [-0.2, -0.15) is 0 Å². The van der Waals surface area contributed by atoms with E-state index in [9.17, 15) is 4.79 Å². The van der Waals surface area contributed by atoms with Crippen molar-refractivity contribution in [2.75, 3.05) is 50.8 Å². The van der Waals surface area contributed by atoms with Crippen LogP contribution in [-0.2, 0) is 6.42 Å². The van der Waals surface area contributed by atoms with Gasteiger partial charge in [-0.15, -0.1) is 11.3 Å². The molecule has 1 fully saturated rings. The quantitative estimate of drug-likeness (QED) is 0.842. The van der Waals surface area contributed by atoms with Crippen molar-refractivity contribution < 1.29 is 14.3 Å². The minimum Gasteiger partial charge on any atom is -0.486 e. The number of anilines is 1. The predicted molar refractivity (Wildman–Crippen MR) is 105 cm³/mol. The highest BCUT2D eigenvalue weighted by atomic mass is 35.5. The molecular weight excluding hydrogens is 388 g/mol. The molecule has 1 saturated heterocycles. The monoisotopic (exact) mass is 408 g/mol. The molecule has 0 saturated carbocycles. The average Bonchev–Trinajstić information content (AvgIpc) is 3.23. The van der Waals surface area contributed by atoms with Crippen LogP contribution in [0, 0.1) is 0 Å². The van der Waals surface area contributed by atoms with Gasteiger partial charge in [0.1, 0.15) is 13.2 Å². The fraction of sp³-hybridized carbons (Fsp3) is 0.444. The maximum atomic E-state index is 12.4. The Kier molecular flexibility index (Phi) is 5.54. The summed E-state index contributed by atoms with van der Waals surface area (Å²) in [5.74, 6) is 1.28. The summed E-state index contributed by atoms with van der Waals surface area (Å²) in [5.41, 5.74) is 1.01. The fourth-order valence-electron chi connectivity index (χ4n) is 3.21. The number of hydrogen-bond acceptors (Lipinski definition) is 6. The number of nitrogens with zero attached hydrogens (tertiary/aromatic N) is 3. The Morgan fingerprint density at radius 3 is 2.81 bits per heavy atom. The van der Waals surface area contributed by atoms with Crippen LogP contribution >= 0.6 is 22.9 Å². The fourth-order valence-corrected chi connectivity index (χ4v) is 4.19. The Hall–Kier alpha value is -2.19. The van der Waals surface area contributed by atoms with Gasteiger partial charge in [0, 0.05) is 44.3 Å². The lowest BCUT2D eigenvalue weighted by molar-refractivity contribution is 0.171. The molecule has 7 nitrogen and oxygen atoms in total. The van der Waals surface area contributed by atoms with Gasteiger partial charge in [0.25, 0.3) is 0 Å². The van der Waals surface area contributed by atoms with Crippen LogP contribution in [0.1, 0.15) is 5.56 Å². The van der Waals surface area contributed by atoms with Crippen molar-refractivity contribution in [3.05, 3.63) is 34.3 Å². The molecule has 3 heterocycles. The van der Waals surface area contributed by atoms with Crippen molar-refractivity contribution in [2.45, 2.75) is 6.42 Å². The molecule has 0 radical (unpaired) electrons. The van der Waals surface area contributed by atoms with Crippen molar-refractivity contribution in [3.63, 3.8) is 0 Å². The number of amides is 2. The Morgan fingerprint density at radius 1 is 1.22 bits per heavy atom. The van der Waals surface area contributed by atoms with E-state index in [1.54, 1.807) is 11.3 Å². The van der Waals surface area contributed by atoms with E-state index in [2.05, 4.69) is 15.2 Å². The van der Waals surface area contributed by atoms with E-state index in [0.29, 0.717) is 55.8 Å². The van der Waals surface area contributed by atoms with Gasteiger partial charge in [-0.25, -0.2) is 9.78 Å². The summed E-state index contributed by atoms with van der Waals surface area (Å²) in [5, 5.41) is 6.53. The second-order valence-corrected chi connectivity index (χ2v) is 7.65. The van der Waals surface area contributed by atoms with Crippen LogP contribution in [0.15, 0.2) is 23.7 Å². The van der Waals surface area contributed by atoms with E-state index in [-0.39, 0.29) is 6.03 Å². The highest BCUT2D eigenvalue weighted by molar-refractivity contribution is 7.13. The van der Waals surface area contributed by atoms with E-state index < -0.39 is 0 Å². The highest BCUT2D eigenvalue weighted by Crippen LogP contribution is 2.38. The van der Waals surface area contributed by atoms with E-state index in [1.807, 2.05) is 28.6 Å². The average molecular weight is 409 g/mol. The van der Waals surface area contributed by atoms with Crippen molar-refractivity contribution >= 4 is 34.1 Å². The van der Waals surface area contributed by atoms with Crippen LogP contribution < -0.4 is 19.7 Å². The zero-order chi connectivity index (χ0) is 18.6. The third-order valence-electron chi connectivity index (χ3n) is 4.60. The van der Waals surface area contributed by atoms with E-state index in [1.165, 1.54) is 0 Å². The summed E-state index contributed by atoms with van der Waals surface area (Å²) in [6.07, 6.45) is 2.49. The van der Waals surface area contributed by atoms with Crippen LogP contribution in [0.2, 0.25) is 5.02 Å².